The molecule has 0 fully saturated rings. The highest BCUT2D eigenvalue weighted by Gasteiger charge is 2.10. The molecule has 0 aromatic rings. The molecule has 0 amide bonds. The van der Waals surface area contributed by atoms with Crippen molar-refractivity contribution < 1.29 is 4.74 Å². The zero-order valence-electron chi connectivity index (χ0n) is 10.3. The van der Waals surface area contributed by atoms with E-state index in [2.05, 4.69) is 39.6 Å². The lowest BCUT2D eigenvalue weighted by Crippen LogP contribution is -2.40. The summed E-state index contributed by atoms with van der Waals surface area (Å²) in [6, 6.07) is 0.263. The predicted octanol–water partition coefficient (Wildman–Crippen LogP) is 1.33. The van der Waals surface area contributed by atoms with Crippen molar-refractivity contribution in [1.82, 2.24) is 4.90 Å². The number of hydrogen-bond acceptors (Lipinski definition) is 3. The summed E-state index contributed by atoms with van der Waals surface area (Å²) in [5.41, 5.74) is 5.97. The smallest absolute Gasteiger partial charge is 0.0596 e. The summed E-state index contributed by atoms with van der Waals surface area (Å²) < 4.78 is 5.47. The van der Waals surface area contributed by atoms with Crippen LogP contribution < -0.4 is 5.73 Å². The van der Waals surface area contributed by atoms with Gasteiger partial charge in [0.2, 0.25) is 0 Å². The fraction of sp³-hybridized carbons (Fsp3) is 1.00. The first-order chi connectivity index (χ1) is 6.43. The summed E-state index contributed by atoms with van der Waals surface area (Å²) in [5, 5.41) is 0. The van der Waals surface area contributed by atoms with Gasteiger partial charge in [-0.2, -0.15) is 0 Å². The van der Waals surface area contributed by atoms with Gasteiger partial charge < -0.3 is 15.4 Å². The minimum absolute atomic E-state index is 0.263. The predicted molar refractivity (Wildman–Crippen MR) is 61.4 cm³/mol. The van der Waals surface area contributed by atoms with Crippen molar-refractivity contribution >= 4 is 0 Å². The SMILES string of the molecule is CC(C)OCCN(C)CC(N)C(C)C. The number of ether oxygens (including phenoxy) is 1. The van der Waals surface area contributed by atoms with Crippen molar-refractivity contribution in [2.45, 2.75) is 39.8 Å². The number of likely N-dealkylation sites (N-methyl/N-ethyl adjacent to an activating group) is 1. The Morgan fingerprint density at radius 1 is 1.21 bits per heavy atom. The summed E-state index contributed by atoms with van der Waals surface area (Å²) in [4.78, 5) is 2.23. The Balaban J connectivity index is 3.50. The molecule has 0 radical (unpaired) electrons. The Hall–Kier alpha value is -0.120. The first kappa shape index (κ1) is 13.9. The van der Waals surface area contributed by atoms with E-state index in [-0.39, 0.29) is 6.04 Å². The molecule has 14 heavy (non-hydrogen) atoms. The van der Waals surface area contributed by atoms with Crippen LogP contribution >= 0.6 is 0 Å². The Kier molecular flexibility index (Phi) is 7.15. The van der Waals surface area contributed by atoms with E-state index in [1.165, 1.54) is 0 Å². The molecule has 0 aliphatic rings. The van der Waals surface area contributed by atoms with E-state index >= 15 is 0 Å². The van der Waals surface area contributed by atoms with Crippen LogP contribution in [0.25, 0.3) is 0 Å². The topological polar surface area (TPSA) is 38.5 Å². The molecule has 3 nitrogen and oxygen atoms in total. The van der Waals surface area contributed by atoms with Gasteiger partial charge in [0.05, 0.1) is 12.7 Å². The highest BCUT2D eigenvalue weighted by atomic mass is 16.5. The fourth-order valence-corrected chi connectivity index (χ4v) is 1.11. The highest BCUT2D eigenvalue weighted by molar-refractivity contribution is 4.69. The first-order valence-corrected chi connectivity index (χ1v) is 5.49. The lowest BCUT2D eigenvalue weighted by molar-refractivity contribution is 0.0622. The van der Waals surface area contributed by atoms with E-state index in [4.69, 9.17) is 10.5 Å². The molecule has 1 atom stereocenters. The number of rotatable bonds is 7. The molecule has 0 saturated heterocycles. The van der Waals surface area contributed by atoms with Gasteiger partial charge in [0, 0.05) is 19.1 Å². The molecule has 0 aromatic heterocycles. The fourth-order valence-electron chi connectivity index (χ4n) is 1.11. The quantitative estimate of drug-likeness (QED) is 0.677. The zero-order chi connectivity index (χ0) is 11.1. The minimum atomic E-state index is 0.263. The molecular formula is C11H26N2O. The van der Waals surface area contributed by atoms with Gasteiger partial charge in [-0.3, -0.25) is 0 Å². The molecule has 0 bridgehead atoms. The molecule has 0 aliphatic carbocycles. The van der Waals surface area contributed by atoms with Gasteiger partial charge in [-0.15, -0.1) is 0 Å². The Labute approximate surface area is 88.6 Å². The number of nitrogens with zero attached hydrogens (tertiary/aromatic N) is 1. The molecule has 0 rings (SSSR count). The molecule has 0 heterocycles. The van der Waals surface area contributed by atoms with Crippen LogP contribution in [0.4, 0.5) is 0 Å². The summed E-state index contributed by atoms with van der Waals surface area (Å²) >= 11 is 0. The number of hydrogen-bond donors (Lipinski definition) is 1. The van der Waals surface area contributed by atoms with Gasteiger partial charge in [0.25, 0.3) is 0 Å². The second kappa shape index (κ2) is 7.21. The van der Waals surface area contributed by atoms with Crippen LogP contribution in [0, 0.1) is 5.92 Å². The zero-order valence-corrected chi connectivity index (χ0v) is 10.3. The first-order valence-electron chi connectivity index (χ1n) is 5.49. The second-order valence-electron chi connectivity index (χ2n) is 4.59. The van der Waals surface area contributed by atoms with Crippen LogP contribution in [0.1, 0.15) is 27.7 Å². The van der Waals surface area contributed by atoms with Crippen molar-refractivity contribution in [2.75, 3.05) is 26.7 Å². The summed E-state index contributed by atoms with van der Waals surface area (Å²) in [5.74, 6) is 0.545. The third-order valence-corrected chi connectivity index (χ3v) is 2.30. The monoisotopic (exact) mass is 202 g/mol. The van der Waals surface area contributed by atoms with Crippen LogP contribution in [0.2, 0.25) is 0 Å². The normalized spacial score (nSPS) is 14.4. The standard InChI is InChI=1S/C11H26N2O/c1-9(2)11(12)8-13(5)6-7-14-10(3)4/h9-11H,6-8,12H2,1-5H3. The lowest BCUT2D eigenvalue weighted by atomic mass is 10.1. The van der Waals surface area contributed by atoms with Gasteiger partial charge >= 0.3 is 0 Å². The van der Waals surface area contributed by atoms with Crippen molar-refractivity contribution in [3.8, 4) is 0 Å². The van der Waals surface area contributed by atoms with Crippen LogP contribution in [-0.4, -0.2) is 43.8 Å². The van der Waals surface area contributed by atoms with Crippen LogP contribution in [0.5, 0.6) is 0 Å². The van der Waals surface area contributed by atoms with Crippen LogP contribution in [-0.2, 0) is 4.74 Å². The van der Waals surface area contributed by atoms with E-state index in [0.29, 0.717) is 12.0 Å². The minimum Gasteiger partial charge on any atom is -0.377 e. The molecular weight excluding hydrogens is 176 g/mol. The molecule has 0 aliphatic heterocycles. The molecule has 2 N–H and O–H groups in total. The van der Waals surface area contributed by atoms with E-state index in [0.717, 1.165) is 19.7 Å². The molecule has 86 valence electrons. The summed E-state index contributed by atoms with van der Waals surface area (Å²) in [7, 11) is 2.09. The average Bonchev–Trinajstić information content (AvgIpc) is 2.02. The molecule has 1 unspecified atom stereocenters. The maximum absolute atomic E-state index is 5.97. The second-order valence-corrected chi connectivity index (χ2v) is 4.59. The van der Waals surface area contributed by atoms with Crippen LogP contribution in [0.15, 0.2) is 0 Å². The van der Waals surface area contributed by atoms with Gasteiger partial charge in [0.15, 0.2) is 0 Å². The largest absolute Gasteiger partial charge is 0.377 e. The van der Waals surface area contributed by atoms with Crippen molar-refractivity contribution in [1.29, 1.82) is 0 Å². The molecule has 3 heteroatoms. The maximum Gasteiger partial charge on any atom is 0.0596 e. The third-order valence-electron chi connectivity index (χ3n) is 2.30. The molecule has 0 spiro atoms. The van der Waals surface area contributed by atoms with Crippen molar-refractivity contribution in [3.05, 3.63) is 0 Å². The average molecular weight is 202 g/mol. The Morgan fingerprint density at radius 2 is 1.79 bits per heavy atom. The Bertz CT molecular complexity index is 137. The molecule has 0 aromatic carbocycles. The van der Waals surface area contributed by atoms with E-state index in [9.17, 15) is 0 Å². The van der Waals surface area contributed by atoms with Gasteiger partial charge in [-0.25, -0.2) is 0 Å². The summed E-state index contributed by atoms with van der Waals surface area (Å²) in [6.45, 7) is 11.1. The lowest BCUT2D eigenvalue weighted by Gasteiger charge is -2.23. The van der Waals surface area contributed by atoms with Crippen LogP contribution in [0.3, 0.4) is 0 Å². The Morgan fingerprint density at radius 3 is 2.21 bits per heavy atom. The molecule has 0 saturated carbocycles. The maximum atomic E-state index is 5.97. The third kappa shape index (κ3) is 7.30. The van der Waals surface area contributed by atoms with E-state index in [1.54, 1.807) is 0 Å². The van der Waals surface area contributed by atoms with Gasteiger partial charge in [-0.05, 0) is 26.8 Å². The van der Waals surface area contributed by atoms with Crippen molar-refractivity contribution in [2.24, 2.45) is 11.7 Å². The highest BCUT2D eigenvalue weighted by Crippen LogP contribution is 2.00. The van der Waals surface area contributed by atoms with E-state index in [1.807, 2.05) is 0 Å². The van der Waals surface area contributed by atoms with E-state index < -0.39 is 0 Å². The van der Waals surface area contributed by atoms with Gasteiger partial charge in [0.1, 0.15) is 0 Å². The number of nitrogens with two attached hydrogens (primary N) is 1. The van der Waals surface area contributed by atoms with Gasteiger partial charge in [-0.1, -0.05) is 13.8 Å². The summed E-state index contributed by atoms with van der Waals surface area (Å²) in [6.07, 6.45) is 0.321. The van der Waals surface area contributed by atoms with Crippen molar-refractivity contribution in [3.63, 3.8) is 0 Å².